The van der Waals surface area contributed by atoms with Crippen LogP contribution in [0.15, 0.2) is 46.1 Å². The van der Waals surface area contributed by atoms with Crippen molar-refractivity contribution < 1.29 is 14.6 Å². The monoisotopic (exact) mass is 453 g/mol. The number of ether oxygens (including phenoxy) is 1. The first-order valence-electron chi connectivity index (χ1n) is 10.2. The fourth-order valence-corrected chi connectivity index (χ4v) is 5.27. The van der Waals surface area contributed by atoms with Crippen molar-refractivity contribution in [3.63, 3.8) is 0 Å². The zero-order chi connectivity index (χ0) is 23.2. The highest BCUT2D eigenvalue weighted by Gasteiger charge is 2.31. The molecular weight excluding hydrogens is 430 g/mol. The normalized spacial score (nSPS) is 12.6. The van der Waals surface area contributed by atoms with Gasteiger partial charge in [-0.1, -0.05) is 18.2 Å². The van der Waals surface area contributed by atoms with E-state index in [1.54, 1.807) is 19.2 Å². The van der Waals surface area contributed by atoms with Crippen LogP contribution in [-0.2, 0) is 11.8 Å². The van der Waals surface area contributed by atoms with E-state index in [2.05, 4.69) is 4.98 Å². The Kier molecular flexibility index (Phi) is 5.70. The smallest absolute Gasteiger partial charge is 0.340 e. The highest BCUT2D eigenvalue weighted by molar-refractivity contribution is 7.19. The van der Waals surface area contributed by atoms with Crippen LogP contribution in [0.5, 0.6) is 0 Å². The van der Waals surface area contributed by atoms with Crippen molar-refractivity contribution in [3.05, 3.63) is 73.4 Å². The Labute approximate surface area is 187 Å². The third-order valence-corrected chi connectivity index (χ3v) is 6.61. The van der Waals surface area contributed by atoms with Crippen LogP contribution in [-0.4, -0.2) is 31.8 Å². The first kappa shape index (κ1) is 21.9. The van der Waals surface area contributed by atoms with E-state index in [1.807, 2.05) is 38.1 Å². The van der Waals surface area contributed by atoms with E-state index < -0.39 is 23.3 Å². The summed E-state index contributed by atoms with van der Waals surface area (Å²) in [7, 11) is 1.38. The lowest BCUT2D eigenvalue weighted by molar-refractivity contribution is 0.0524. The minimum atomic E-state index is -1.22. The molecule has 9 heteroatoms. The quantitative estimate of drug-likeness (QED) is 0.466. The van der Waals surface area contributed by atoms with Crippen LogP contribution in [0.1, 0.15) is 53.7 Å². The zero-order valence-electron chi connectivity index (χ0n) is 18.2. The van der Waals surface area contributed by atoms with Gasteiger partial charge in [-0.15, -0.1) is 11.3 Å². The van der Waals surface area contributed by atoms with Gasteiger partial charge in [0.1, 0.15) is 10.9 Å². The lowest BCUT2D eigenvalue weighted by atomic mass is 10.00. The van der Waals surface area contributed by atoms with Gasteiger partial charge in [-0.05, 0) is 38.5 Å². The molecule has 0 aliphatic carbocycles. The van der Waals surface area contributed by atoms with E-state index in [4.69, 9.17) is 4.74 Å². The van der Waals surface area contributed by atoms with Crippen LogP contribution in [0.25, 0.3) is 21.1 Å². The number of aliphatic hydroxyl groups excluding tert-OH is 1. The predicted molar refractivity (Wildman–Crippen MR) is 123 cm³/mol. The fraction of sp³-hybridized carbons (Fsp3) is 0.304. The van der Waals surface area contributed by atoms with Crippen molar-refractivity contribution in [1.82, 2.24) is 14.1 Å². The number of esters is 1. The first-order chi connectivity index (χ1) is 15.3. The van der Waals surface area contributed by atoms with E-state index >= 15 is 0 Å². The summed E-state index contributed by atoms with van der Waals surface area (Å²) >= 11 is 1.06. The van der Waals surface area contributed by atoms with Crippen LogP contribution < -0.4 is 11.2 Å². The highest BCUT2D eigenvalue weighted by Crippen LogP contribution is 2.39. The van der Waals surface area contributed by atoms with Gasteiger partial charge in [0.25, 0.3) is 5.56 Å². The second kappa shape index (κ2) is 8.33. The molecule has 0 spiro atoms. The van der Waals surface area contributed by atoms with Crippen molar-refractivity contribution in [1.29, 1.82) is 0 Å². The van der Waals surface area contributed by atoms with Crippen molar-refractivity contribution in [3.8, 4) is 0 Å². The Morgan fingerprint density at radius 3 is 2.62 bits per heavy atom. The van der Waals surface area contributed by atoms with Crippen molar-refractivity contribution in [2.75, 3.05) is 6.61 Å². The summed E-state index contributed by atoms with van der Waals surface area (Å²) < 4.78 is 7.69. The summed E-state index contributed by atoms with van der Waals surface area (Å²) in [4.78, 5) is 43.8. The summed E-state index contributed by atoms with van der Waals surface area (Å²) in [6.07, 6.45) is 0.363. The molecule has 0 amide bonds. The average molecular weight is 454 g/mol. The van der Waals surface area contributed by atoms with Gasteiger partial charge in [-0.25, -0.2) is 9.59 Å². The molecule has 0 radical (unpaired) electrons. The van der Waals surface area contributed by atoms with Crippen LogP contribution in [0.4, 0.5) is 0 Å². The van der Waals surface area contributed by atoms with Gasteiger partial charge in [-0.3, -0.25) is 18.9 Å². The summed E-state index contributed by atoms with van der Waals surface area (Å²) in [5.41, 5.74) is 0.153. The summed E-state index contributed by atoms with van der Waals surface area (Å²) in [5, 5.41) is 12.2. The minimum Gasteiger partial charge on any atom is -0.462 e. The molecule has 0 aliphatic heterocycles. The van der Waals surface area contributed by atoms with Crippen LogP contribution in [0.3, 0.4) is 0 Å². The number of pyridine rings is 1. The predicted octanol–water partition coefficient (Wildman–Crippen LogP) is 3.15. The zero-order valence-corrected chi connectivity index (χ0v) is 19.0. The van der Waals surface area contributed by atoms with Crippen LogP contribution >= 0.6 is 11.3 Å². The molecule has 0 fully saturated rings. The molecule has 32 heavy (non-hydrogen) atoms. The number of aromatic nitrogens is 3. The maximum atomic E-state index is 13.1. The lowest BCUT2D eigenvalue weighted by Crippen LogP contribution is -2.38. The number of aliphatic hydroxyl groups is 1. The third-order valence-electron chi connectivity index (χ3n) is 5.37. The molecule has 1 atom stereocenters. The van der Waals surface area contributed by atoms with Crippen LogP contribution in [0.2, 0.25) is 0 Å². The second-order valence-electron chi connectivity index (χ2n) is 7.67. The molecule has 0 aliphatic rings. The lowest BCUT2D eigenvalue weighted by Gasteiger charge is -2.14. The number of benzene rings is 1. The largest absolute Gasteiger partial charge is 0.462 e. The topological polar surface area (TPSA) is 103 Å². The van der Waals surface area contributed by atoms with E-state index in [0.717, 1.165) is 21.3 Å². The number of carbonyl (C=O) groups is 1. The van der Waals surface area contributed by atoms with Gasteiger partial charge in [0.15, 0.2) is 0 Å². The summed E-state index contributed by atoms with van der Waals surface area (Å²) in [6.45, 7) is 5.41. The molecule has 3 heterocycles. The molecule has 3 aromatic heterocycles. The highest BCUT2D eigenvalue weighted by atomic mass is 32.1. The van der Waals surface area contributed by atoms with Gasteiger partial charge in [-0.2, -0.15) is 0 Å². The average Bonchev–Trinajstić information content (AvgIpc) is 3.17. The van der Waals surface area contributed by atoms with Crippen molar-refractivity contribution in [2.45, 2.75) is 32.9 Å². The minimum absolute atomic E-state index is 0.00440. The first-order valence-corrected chi connectivity index (χ1v) is 11.1. The number of hydrogen-bond acceptors (Lipinski definition) is 7. The third kappa shape index (κ3) is 3.34. The molecule has 4 aromatic rings. The second-order valence-corrected chi connectivity index (χ2v) is 8.70. The van der Waals surface area contributed by atoms with Gasteiger partial charge >= 0.3 is 11.7 Å². The Morgan fingerprint density at radius 1 is 1.22 bits per heavy atom. The number of carbonyl (C=O) groups excluding carboxylic acids is 1. The Balaban J connectivity index is 2.11. The molecule has 1 unspecified atom stereocenters. The standard InChI is InChI=1S/C23H23N3O5S/c1-5-31-22(29)16-17-20(28)25(4)23(30)26(12(2)3)21(17)32-19(16)18(27)14-10-11-24-15-9-7-6-8-13(14)15/h6-12,18,27H,5H2,1-4H3. The molecule has 166 valence electrons. The molecule has 4 rings (SSSR count). The number of rotatable bonds is 5. The van der Waals surface area contributed by atoms with E-state index in [1.165, 1.54) is 11.6 Å². The molecule has 1 N–H and O–H groups in total. The molecule has 1 aromatic carbocycles. The van der Waals surface area contributed by atoms with E-state index in [-0.39, 0.29) is 28.5 Å². The number of nitrogens with zero attached hydrogens (tertiary/aromatic N) is 3. The molecule has 0 bridgehead atoms. The maximum absolute atomic E-state index is 13.1. The molecule has 8 nitrogen and oxygen atoms in total. The van der Waals surface area contributed by atoms with Gasteiger partial charge < -0.3 is 9.84 Å². The van der Waals surface area contributed by atoms with Crippen LogP contribution in [0, 0.1) is 0 Å². The summed E-state index contributed by atoms with van der Waals surface area (Å²) in [6, 6.07) is 8.76. The molecule has 0 saturated heterocycles. The van der Waals surface area contributed by atoms with Crippen molar-refractivity contribution >= 4 is 38.4 Å². The molecule has 0 saturated carbocycles. The Bertz CT molecular complexity index is 1460. The number of fused-ring (bicyclic) bond motifs is 2. The molecular formula is C23H23N3O5S. The number of para-hydroxylation sites is 1. The van der Waals surface area contributed by atoms with E-state index in [9.17, 15) is 19.5 Å². The van der Waals surface area contributed by atoms with Gasteiger partial charge in [0, 0.05) is 24.7 Å². The number of hydrogen-bond donors (Lipinski definition) is 1. The van der Waals surface area contributed by atoms with Gasteiger partial charge in [0.2, 0.25) is 0 Å². The van der Waals surface area contributed by atoms with Gasteiger partial charge in [0.05, 0.1) is 28.0 Å². The SMILES string of the molecule is CCOC(=O)c1c(C(O)c2ccnc3ccccc23)sc2c1c(=O)n(C)c(=O)n2C(C)C. The Morgan fingerprint density at radius 2 is 1.94 bits per heavy atom. The van der Waals surface area contributed by atoms with E-state index in [0.29, 0.717) is 15.9 Å². The number of thiophene rings is 1. The fourth-order valence-electron chi connectivity index (χ4n) is 3.86. The summed E-state index contributed by atoms with van der Waals surface area (Å²) in [5.74, 6) is -0.711. The Hall–Kier alpha value is -3.30. The maximum Gasteiger partial charge on any atom is 0.340 e. The van der Waals surface area contributed by atoms with Crippen molar-refractivity contribution in [2.24, 2.45) is 7.05 Å².